The minimum Gasteiger partial charge on any atom is -0.481 e. The number of nitrogens with zero attached hydrogens (tertiary/aromatic N) is 1. The summed E-state index contributed by atoms with van der Waals surface area (Å²) in [5.74, 6) is -1.96. The lowest BCUT2D eigenvalue weighted by atomic mass is 9.96. The summed E-state index contributed by atoms with van der Waals surface area (Å²) in [4.78, 5) is 15.0. The minimum absolute atomic E-state index is 0.320. The molecule has 0 bridgehead atoms. The zero-order chi connectivity index (χ0) is 12.6. The number of fused-ring (bicyclic) bond motifs is 1. The van der Waals surface area contributed by atoms with Gasteiger partial charge in [-0.2, -0.15) is 0 Å². The number of hydrogen-bond donors (Lipinski definition) is 1. The first-order valence-electron chi connectivity index (χ1n) is 5.28. The second kappa shape index (κ2) is 4.16. The van der Waals surface area contributed by atoms with Crippen LogP contribution < -0.4 is 0 Å². The van der Waals surface area contributed by atoms with E-state index in [1.807, 2.05) is 0 Å². The first-order chi connectivity index (χ1) is 7.99. The minimum atomic E-state index is -0.911. The van der Waals surface area contributed by atoms with E-state index in [0.717, 1.165) is 0 Å². The van der Waals surface area contributed by atoms with Crippen LogP contribution in [0.15, 0.2) is 22.6 Å². The normalized spacial score (nSPS) is 14.8. The summed E-state index contributed by atoms with van der Waals surface area (Å²) in [6.45, 7) is 3.31. The van der Waals surface area contributed by atoms with Crippen molar-refractivity contribution in [1.82, 2.24) is 4.98 Å². The molecule has 5 heteroatoms. The molecule has 4 nitrogen and oxygen atoms in total. The van der Waals surface area contributed by atoms with Crippen molar-refractivity contribution in [2.24, 2.45) is 5.92 Å². The summed E-state index contributed by atoms with van der Waals surface area (Å²) in [6, 6.07) is 4.04. The molecule has 2 atom stereocenters. The van der Waals surface area contributed by atoms with Gasteiger partial charge < -0.3 is 9.52 Å². The third kappa shape index (κ3) is 2.13. The average Bonchev–Trinajstić information content (AvgIpc) is 2.69. The van der Waals surface area contributed by atoms with Crippen molar-refractivity contribution in [2.75, 3.05) is 0 Å². The molecule has 2 aromatic rings. The number of carbonyl (C=O) groups is 1. The molecule has 1 aromatic heterocycles. The molecule has 0 aliphatic carbocycles. The van der Waals surface area contributed by atoms with Crippen LogP contribution in [0.2, 0.25) is 0 Å². The van der Waals surface area contributed by atoms with Gasteiger partial charge in [0.1, 0.15) is 11.3 Å². The van der Waals surface area contributed by atoms with Crippen LogP contribution in [0.3, 0.4) is 0 Å². The third-order valence-corrected chi connectivity index (χ3v) is 2.90. The maximum absolute atomic E-state index is 13.0. The lowest BCUT2D eigenvalue weighted by molar-refractivity contribution is -0.141. The van der Waals surface area contributed by atoms with Gasteiger partial charge in [0.25, 0.3) is 0 Å². The Hall–Kier alpha value is -1.91. The second-order valence-corrected chi connectivity index (χ2v) is 4.08. The standard InChI is InChI=1S/C12H12FNO3/c1-6(7(2)12(15)16)11-14-9-4-3-8(13)5-10(9)17-11/h3-7H,1-2H3,(H,15,16). The summed E-state index contributed by atoms with van der Waals surface area (Å²) >= 11 is 0. The summed E-state index contributed by atoms with van der Waals surface area (Å²) < 4.78 is 18.3. The molecule has 0 aliphatic rings. The fourth-order valence-corrected chi connectivity index (χ4v) is 1.54. The Morgan fingerprint density at radius 2 is 2.18 bits per heavy atom. The zero-order valence-electron chi connectivity index (χ0n) is 9.48. The predicted octanol–water partition coefficient (Wildman–Crippen LogP) is 2.79. The van der Waals surface area contributed by atoms with Crippen molar-refractivity contribution in [3.8, 4) is 0 Å². The van der Waals surface area contributed by atoms with Gasteiger partial charge in [-0.1, -0.05) is 13.8 Å². The topological polar surface area (TPSA) is 63.3 Å². The molecule has 0 fully saturated rings. The molecule has 0 saturated heterocycles. The zero-order valence-corrected chi connectivity index (χ0v) is 9.48. The number of oxazole rings is 1. The molecule has 0 spiro atoms. The van der Waals surface area contributed by atoms with E-state index in [9.17, 15) is 9.18 Å². The van der Waals surface area contributed by atoms with Gasteiger partial charge in [0.2, 0.25) is 0 Å². The molecule has 2 rings (SSSR count). The van der Waals surface area contributed by atoms with Crippen molar-refractivity contribution in [1.29, 1.82) is 0 Å². The predicted molar refractivity (Wildman–Crippen MR) is 59.2 cm³/mol. The van der Waals surface area contributed by atoms with E-state index in [-0.39, 0.29) is 5.92 Å². The molecule has 1 N–H and O–H groups in total. The fraction of sp³-hybridized carbons (Fsp3) is 0.333. The molecule has 1 aromatic carbocycles. The molecule has 1 heterocycles. The molecule has 0 aliphatic heterocycles. The second-order valence-electron chi connectivity index (χ2n) is 4.08. The van der Waals surface area contributed by atoms with E-state index in [1.54, 1.807) is 13.8 Å². The van der Waals surface area contributed by atoms with Gasteiger partial charge in [-0.15, -0.1) is 0 Å². The Morgan fingerprint density at radius 3 is 2.82 bits per heavy atom. The number of hydrogen-bond acceptors (Lipinski definition) is 3. The van der Waals surface area contributed by atoms with Crippen LogP contribution in [0, 0.1) is 11.7 Å². The maximum Gasteiger partial charge on any atom is 0.307 e. The highest BCUT2D eigenvalue weighted by Crippen LogP contribution is 2.27. The van der Waals surface area contributed by atoms with Crippen molar-refractivity contribution in [3.63, 3.8) is 0 Å². The Balaban J connectivity index is 2.39. The van der Waals surface area contributed by atoms with Gasteiger partial charge in [0.15, 0.2) is 11.5 Å². The monoisotopic (exact) mass is 237 g/mol. The van der Waals surface area contributed by atoms with E-state index in [0.29, 0.717) is 17.0 Å². The van der Waals surface area contributed by atoms with Gasteiger partial charge in [-0.3, -0.25) is 4.79 Å². The molecule has 0 amide bonds. The Morgan fingerprint density at radius 1 is 1.47 bits per heavy atom. The van der Waals surface area contributed by atoms with Gasteiger partial charge >= 0.3 is 5.97 Å². The first kappa shape index (κ1) is 11.6. The van der Waals surface area contributed by atoms with Crippen molar-refractivity contribution < 1.29 is 18.7 Å². The highest BCUT2D eigenvalue weighted by atomic mass is 19.1. The van der Waals surface area contributed by atoms with Crippen LogP contribution in [-0.4, -0.2) is 16.1 Å². The van der Waals surface area contributed by atoms with Crippen LogP contribution >= 0.6 is 0 Å². The van der Waals surface area contributed by atoms with Crippen LogP contribution in [0.25, 0.3) is 11.1 Å². The molecule has 0 radical (unpaired) electrons. The third-order valence-electron chi connectivity index (χ3n) is 2.90. The number of carboxylic acids is 1. The number of carboxylic acid groups (broad SMARTS) is 1. The maximum atomic E-state index is 13.0. The lowest BCUT2D eigenvalue weighted by Gasteiger charge is -2.11. The summed E-state index contributed by atoms with van der Waals surface area (Å²) in [7, 11) is 0. The van der Waals surface area contributed by atoms with Gasteiger partial charge in [0, 0.05) is 12.0 Å². The average molecular weight is 237 g/mol. The van der Waals surface area contributed by atoms with Crippen molar-refractivity contribution in [3.05, 3.63) is 29.9 Å². The fourth-order valence-electron chi connectivity index (χ4n) is 1.54. The van der Waals surface area contributed by atoms with Crippen LogP contribution in [0.1, 0.15) is 25.7 Å². The van der Waals surface area contributed by atoms with Crippen LogP contribution in [0.5, 0.6) is 0 Å². The molecule has 17 heavy (non-hydrogen) atoms. The highest BCUT2D eigenvalue weighted by molar-refractivity contribution is 5.73. The number of rotatable bonds is 3. The first-order valence-corrected chi connectivity index (χ1v) is 5.28. The summed E-state index contributed by atoms with van der Waals surface area (Å²) in [5, 5.41) is 8.90. The quantitative estimate of drug-likeness (QED) is 0.891. The highest BCUT2D eigenvalue weighted by Gasteiger charge is 2.25. The smallest absolute Gasteiger partial charge is 0.307 e. The SMILES string of the molecule is CC(C(=O)O)C(C)c1nc2ccc(F)cc2o1. The lowest BCUT2D eigenvalue weighted by Crippen LogP contribution is -2.16. The number of aliphatic carboxylic acids is 1. The van der Waals surface area contributed by atoms with Crippen molar-refractivity contribution >= 4 is 17.1 Å². The Labute approximate surface area is 97.1 Å². The molecular formula is C12H12FNO3. The van der Waals surface area contributed by atoms with Gasteiger partial charge in [0.05, 0.1) is 5.92 Å². The van der Waals surface area contributed by atoms with E-state index in [4.69, 9.17) is 9.52 Å². The number of benzene rings is 1. The van der Waals surface area contributed by atoms with Gasteiger partial charge in [-0.25, -0.2) is 9.37 Å². The molecule has 2 unspecified atom stereocenters. The molecular weight excluding hydrogens is 225 g/mol. The number of aromatic nitrogens is 1. The van der Waals surface area contributed by atoms with Gasteiger partial charge in [-0.05, 0) is 12.1 Å². The van der Waals surface area contributed by atoms with Crippen LogP contribution in [-0.2, 0) is 4.79 Å². The molecule has 90 valence electrons. The van der Waals surface area contributed by atoms with Crippen LogP contribution in [0.4, 0.5) is 4.39 Å². The van der Waals surface area contributed by atoms with E-state index in [1.165, 1.54) is 18.2 Å². The van der Waals surface area contributed by atoms with Crippen molar-refractivity contribution in [2.45, 2.75) is 19.8 Å². The summed E-state index contributed by atoms with van der Waals surface area (Å²) in [6.07, 6.45) is 0. The summed E-state index contributed by atoms with van der Waals surface area (Å²) in [5.41, 5.74) is 0.871. The number of halogens is 1. The van der Waals surface area contributed by atoms with E-state index in [2.05, 4.69) is 4.98 Å². The van der Waals surface area contributed by atoms with E-state index < -0.39 is 17.7 Å². The largest absolute Gasteiger partial charge is 0.481 e. The Kier molecular flexibility index (Phi) is 2.83. The Bertz CT molecular complexity index is 564. The molecule has 0 saturated carbocycles. The van der Waals surface area contributed by atoms with E-state index >= 15 is 0 Å².